The van der Waals surface area contributed by atoms with Crippen LogP contribution in [0.3, 0.4) is 0 Å². The lowest BCUT2D eigenvalue weighted by atomic mass is 9.32. The molecule has 342 valence electrons. The van der Waals surface area contributed by atoms with Crippen LogP contribution >= 0.6 is 0 Å². The monoisotopic (exact) mass is 884 g/mol. The Labute approximate surface area is 407 Å². The number of hydrogen-bond acceptors (Lipinski definition) is 2. The van der Waals surface area contributed by atoms with Crippen LogP contribution in [0.1, 0.15) is 190 Å². The average molecular weight is 884 g/mol. The predicted octanol–water partition coefficient (Wildman–Crippen LogP) is 15.4. The van der Waals surface area contributed by atoms with Crippen molar-refractivity contribution in [3.63, 3.8) is 0 Å². The summed E-state index contributed by atoms with van der Waals surface area (Å²) < 4.78 is 27.7. The van der Waals surface area contributed by atoms with Crippen molar-refractivity contribution < 1.29 is 4.11 Å². The van der Waals surface area contributed by atoms with Gasteiger partial charge in [0.25, 0.3) is 6.71 Å². The molecule has 0 aromatic heterocycles. The molecule has 67 heavy (non-hydrogen) atoms. The highest BCUT2D eigenvalue weighted by Gasteiger charge is 2.49. The van der Waals surface area contributed by atoms with Crippen molar-refractivity contribution in [2.45, 2.75) is 180 Å². The summed E-state index contributed by atoms with van der Waals surface area (Å²) in [5.41, 5.74) is 24.1. The number of fused-ring (bicyclic) bond motifs is 10. The molecule has 6 aromatic rings. The first kappa shape index (κ1) is 39.9. The van der Waals surface area contributed by atoms with Gasteiger partial charge in [-0.25, -0.2) is 0 Å². The van der Waals surface area contributed by atoms with Crippen molar-refractivity contribution in [1.29, 1.82) is 0 Å². The number of anilines is 6. The molecule has 2 aliphatic heterocycles. The summed E-state index contributed by atoms with van der Waals surface area (Å²) in [5.74, 6) is 0. The van der Waals surface area contributed by atoms with Crippen molar-refractivity contribution in [3.8, 4) is 11.1 Å². The van der Waals surface area contributed by atoms with Gasteiger partial charge in [0.2, 0.25) is 0 Å². The second-order valence-corrected chi connectivity index (χ2v) is 26.4. The highest BCUT2D eigenvalue weighted by atomic mass is 15.2. The van der Waals surface area contributed by atoms with Crippen molar-refractivity contribution in [1.82, 2.24) is 0 Å². The van der Waals surface area contributed by atoms with Gasteiger partial charge in [-0.2, -0.15) is 0 Å². The molecule has 0 N–H and O–H groups in total. The van der Waals surface area contributed by atoms with Crippen molar-refractivity contribution in [2.24, 2.45) is 0 Å². The van der Waals surface area contributed by atoms with Crippen LogP contribution in [0.2, 0.25) is 0 Å². The third-order valence-corrected chi connectivity index (χ3v) is 18.9. The van der Waals surface area contributed by atoms with Gasteiger partial charge in [-0.15, -0.1) is 0 Å². The molecule has 0 amide bonds. The van der Waals surface area contributed by atoms with Crippen LogP contribution in [0.5, 0.6) is 0 Å². The van der Waals surface area contributed by atoms with E-state index in [1.54, 1.807) is 0 Å². The number of rotatable bonds is 2. The summed E-state index contributed by atoms with van der Waals surface area (Å²) in [6, 6.07) is 37.7. The van der Waals surface area contributed by atoms with Crippen molar-refractivity contribution in [2.75, 3.05) is 9.80 Å². The van der Waals surface area contributed by atoms with Crippen LogP contribution in [0.25, 0.3) is 11.1 Å². The molecular formula is C64H73BN2. The minimum absolute atomic E-state index is 0.0133. The summed E-state index contributed by atoms with van der Waals surface area (Å²) in [7, 11) is 0. The summed E-state index contributed by atoms with van der Waals surface area (Å²) in [6.45, 7) is 31.4. The van der Waals surface area contributed by atoms with E-state index in [-0.39, 0.29) is 44.6 Å². The highest BCUT2D eigenvalue weighted by molar-refractivity contribution is 7.00. The molecule has 3 heteroatoms. The normalized spacial score (nSPS) is 22.6. The Kier molecular flexibility index (Phi) is 7.98. The summed E-state index contributed by atoms with van der Waals surface area (Å²) in [6.07, 6.45) is 6.72. The van der Waals surface area contributed by atoms with E-state index in [2.05, 4.69) is 204 Å². The Bertz CT molecular complexity index is 3270. The number of nitrogens with zero attached hydrogens (tertiary/aromatic N) is 2. The summed E-state index contributed by atoms with van der Waals surface area (Å²) >= 11 is 0. The van der Waals surface area contributed by atoms with Crippen LogP contribution in [-0.4, -0.2) is 6.71 Å². The zero-order valence-electron chi connectivity index (χ0n) is 46.0. The Morgan fingerprint density at radius 2 is 0.791 bits per heavy atom. The van der Waals surface area contributed by atoms with Gasteiger partial charge in [-0.1, -0.05) is 145 Å². The second-order valence-electron chi connectivity index (χ2n) is 26.4. The lowest BCUT2D eigenvalue weighted by Gasteiger charge is -2.49. The van der Waals surface area contributed by atoms with Crippen molar-refractivity contribution in [3.05, 3.63) is 147 Å². The van der Waals surface area contributed by atoms with E-state index in [0.717, 1.165) is 61.3 Å². The number of aryl methyl sites for hydroxylation is 1. The van der Waals surface area contributed by atoms with E-state index in [4.69, 9.17) is 0 Å². The Morgan fingerprint density at radius 1 is 0.388 bits per heavy atom. The van der Waals surface area contributed by atoms with Gasteiger partial charge in [-0.05, 0) is 204 Å². The smallest absolute Gasteiger partial charge is 0.252 e. The Hall–Kier alpha value is -5.02. The quantitative estimate of drug-likeness (QED) is 0.160. The average Bonchev–Trinajstić information content (AvgIpc) is 3.52. The number of benzene rings is 6. The maximum absolute atomic E-state index is 9.25. The Balaban J connectivity index is 1.23. The molecular weight excluding hydrogens is 808 g/mol. The fourth-order valence-electron chi connectivity index (χ4n) is 14.2. The van der Waals surface area contributed by atoms with E-state index >= 15 is 0 Å². The predicted molar refractivity (Wildman–Crippen MR) is 289 cm³/mol. The molecule has 6 aromatic carbocycles. The molecule has 2 nitrogen and oxygen atoms in total. The second kappa shape index (κ2) is 13.4. The van der Waals surface area contributed by atoms with Crippen LogP contribution in [0.15, 0.2) is 97.1 Å². The molecule has 2 heterocycles. The molecule has 0 bridgehead atoms. The molecule has 0 saturated heterocycles. The third kappa shape index (κ3) is 5.94. The highest BCUT2D eigenvalue weighted by Crippen LogP contribution is 2.56. The van der Waals surface area contributed by atoms with E-state index in [1.165, 1.54) is 83.4 Å². The van der Waals surface area contributed by atoms with Crippen LogP contribution in [0, 0.1) is 6.85 Å². The number of hydrogen-bond donors (Lipinski definition) is 0. The molecule has 0 spiro atoms. The molecule has 0 fully saturated rings. The van der Waals surface area contributed by atoms with Crippen LogP contribution in [0.4, 0.5) is 34.1 Å². The van der Waals surface area contributed by atoms with E-state index in [1.807, 2.05) is 0 Å². The van der Waals surface area contributed by atoms with E-state index < -0.39 is 6.85 Å². The topological polar surface area (TPSA) is 6.48 Å². The first-order valence-corrected chi connectivity index (χ1v) is 25.6. The van der Waals surface area contributed by atoms with Gasteiger partial charge in [-0.3, -0.25) is 0 Å². The molecule has 0 atom stereocenters. The maximum atomic E-state index is 9.25. The van der Waals surface area contributed by atoms with E-state index in [0.29, 0.717) is 5.56 Å². The molecule has 0 radical (unpaired) electrons. The minimum atomic E-state index is -2.36. The SMILES string of the molecule is [2H]C([2H])([2H])c1cc2c3c(c1)N(c1ccc4c(c1)C(C)(C)c1ccccc1-4)c1cc4c(cc1B3c1cc3c(cc1N2c1ccc2c(c1)C(C)(C)CCC2(C)C)C(C)(C)CCC3(C)C)C(C)(C)CCC4(C)C. The van der Waals surface area contributed by atoms with Gasteiger partial charge >= 0.3 is 0 Å². The van der Waals surface area contributed by atoms with Crippen LogP contribution < -0.4 is 26.2 Å². The van der Waals surface area contributed by atoms with E-state index in [9.17, 15) is 4.11 Å². The first-order valence-electron chi connectivity index (χ1n) is 27.1. The standard InChI is InChI=1S/C64H73BN2/c1-38-30-55-57-56(31-38)67(40-21-23-44-46(33-40)59(4,5)25-24-58(44,2)3)54-37-50-48(61(8,9)27-29-63(50,12)13)35-52(54)65(57)51-34-47-49(62(10,11)28-26-60(47,6)7)36-53(51)66(55)39-20-22-42-41-18-16-17-19-43(41)64(14,15)45(42)32-39/h16-23,30-37H,24-29H2,1-15H3/i1D3. The van der Waals surface area contributed by atoms with Gasteiger partial charge in [0.15, 0.2) is 0 Å². The minimum Gasteiger partial charge on any atom is -0.311 e. The lowest BCUT2D eigenvalue weighted by molar-refractivity contribution is 0.332. The Morgan fingerprint density at radius 3 is 1.28 bits per heavy atom. The van der Waals surface area contributed by atoms with Gasteiger partial charge in [0.05, 0.1) is 0 Å². The maximum Gasteiger partial charge on any atom is 0.252 e. The first-order chi connectivity index (χ1) is 32.5. The lowest BCUT2D eigenvalue weighted by Crippen LogP contribution is -2.62. The molecule has 12 rings (SSSR count). The zero-order valence-corrected chi connectivity index (χ0v) is 43.0. The fourth-order valence-corrected chi connectivity index (χ4v) is 14.2. The summed E-state index contributed by atoms with van der Waals surface area (Å²) in [4.78, 5) is 5.00. The molecule has 4 aliphatic carbocycles. The zero-order chi connectivity index (χ0) is 49.8. The molecule has 0 saturated carbocycles. The van der Waals surface area contributed by atoms with Gasteiger partial charge < -0.3 is 9.80 Å². The van der Waals surface area contributed by atoms with Crippen molar-refractivity contribution >= 4 is 57.2 Å². The van der Waals surface area contributed by atoms with Gasteiger partial charge in [0.1, 0.15) is 0 Å². The largest absolute Gasteiger partial charge is 0.311 e. The van der Waals surface area contributed by atoms with Crippen LogP contribution in [-0.2, 0) is 37.9 Å². The fraction of sp³-hybridized carbons (Fsp3) is 0.438. The van der Waals surface area contributed by atoms with Gasteiger partial charge in [0, 0.05) is 43.7 Å². The third-order valence-electron chi connectivity index (χ3n) is 18.9. The summed E-state index contributed by atoms with van der Waals surface area (Å²) in [5, 5.41) is 0. The molecule has 0 unspecified atom stereocenters. The molecule has 6 aliphatic rings.